The van der Waals surface area contributed by atoms with Crippen molar-refractivity contribution in [1.82, 2.24) is 0 Å². The van der Waals surface area contributed by atoms with Crippen LogP contribution in [0.1, 0.15) is 43.7 Å². The Morgan fingerprint density at radius 2 is 1.58 bits per heavy atom. The minimum Gasteiger partial charge on any atom is -0.488 e. The molecule has 2 aliphatic rings. The Bertz CT molecular complexity index is 1120. The molecule has 0 spiro atoms. The van der Waals surface area contributed by atoms with Gasteiger partial charge in [-0.2, -0.15) is 0 Å². The van der Waals surface area contributed by atoms with E-state index in [1.54, 1.807) is 7.11 Å². The van der Waals surface area contributed by atoms with Crippen molar-refractivity contribution in [3.63, 3.8) is 0 Å². The fraction of sp³-hybridized carbons (Fsp3) is 0.321. The Morgan fingerprint density at radius 3 is 2.23 bits per heavy atom. The summed E-state index contributed by atoms with van der Waals surface area (Å²) in [5.41, 5.74) is 7.26. The maximum atomic E-state index is 13.7. The molecule has 3 aromatic carbocycles. The van der Waals surface area contributed by atoms with Crippen molar-refractivity contribution in [2.75, 3.05) is 7.11 Å². The Balaban J connectivity index is 1.45. The molecular formula is C28H28O3. The molecule has 31 heavy (non-hydrogen) atoms. The van der Waals surface area contributed by atoms with Crippen molar-refractivity contribution in [2.24, 2.45) is 5.92 Å². The van der Waals surface area contributed by atoms with E-state index in [0.29, 0.717) is 6.61 Å². The molecule has 3 heteroatoms. The van der Waals surface area contributed by atoms with E-state index in [2.05, 4.69) is 49.4 Å². The SMILES string of the molecule is COC1(C2Cc3cc(C)c(OCc4ccccc4)c(C)c3C2=O)Cc2ccccc2C1. The smallest absolute Gasteiger partial charge is 0.169 e. The van der Waals surface area contributed by atoms with E-state index < -0.39 is 5.60 Å². The van der Waals surface area contributed by atoms with Gasteiger partial charge in [-0.1, -0.05) is 60.7 Å². The first kappa shape index (κ1) is 20.0. The Morgan fingerprint density at radius 1 is 0.935 bits per heavy atom. The molecule has 158 valence electrons. The molecule has 0 aromatic heterocycles. The highest BCUT2D eigenvalue weighted by molar-refractivity contribution is 6.05. The first-order valence-corrected chi connectivity index (χ1v) is 11.0. The van der Waals surface area contributed by atoms with Crippen molar-refractivity contribution < 1.29 is 14.3 Å². The normalized spacial score (nSPS) is 18.7. The summed E-state index contributed by atoms with van der Waals surface area (Å²) in [6.45, 7) is 4.59. The van der Waals surface area contributed by atoms with E-state index in [-0.39, 0.29) is 11.7 Å². The fourth-order valence-corrected chi connectivity index (χ4v) is 5.56. The molecule has 0 bridgehead atoms. The van der Waals surface area contributed by atoms with E-state index >= 15 is 0 Å². The van der Waals surface area contributed by atoms with E-state index in [1.807, 2.05) is 25.1 Å². The van der Waals surface area contributed by atoms with Gasteiger partial charge < -0.3 is 9.47 Å². The molecule has 0 amide bonds. The van der Waals surface area contributed by atoms with E-state index in [4.69, 9.17) is 9.47 Å². The number of carbonyl (C=O) groups excluding carboxylic acids is 1. The summed E-state index contributed by atoms with van der Waals surface area (Å²) in [5.74, 6) is 0.867. The molecule has 3 nitrogen and oxygen atoms in total. The van der Waals surface area contributed by atoms with Crippen molar-refractivity contribution in [1.29, 1.82) is 0 Å². The predicted molar refractivity (Wildman–Crippen MR) is 122 cm³/mol. The molecule has 0 saturated carbocycles. The third kappa shape index (κ3) is 3.28. The minimum absolute atomic E-state index is 0.164. The molecule has 1 atom stereocenters. The molecule has 2 aliphatic carbocycles. The fourth-order valence-electron chi connectivity index (χ4n) is 5.56. The summed E-state index contributed by atoms with van der Waals surface area (Å²) in [6, 6.07) is 20.7. The maximum absolute atomic E-state index is 13.7. The average molecular weight is 413 g/mol. The number of ether oxygens (including phenoxy) is 2. The third-order valence-corrected chi connectivity index (χ3v) is 7.14. The van der Waals surface area contributed by atoms with Gasteiger partial charge in [0.2, 0.25) is 0 Å². The monoisotopic (exact) mass is 412 g/mol. The molecule has 0 N–H and O–H groups in total. The third-order valence-electron chi connectivity index (χ3n) is 7.14. The van der Waals surface area contributed by atoms with Gasteiger partial charge in [0, 0.05) is 31.1 Å². The van der Waals surface area contributed by atoms with Crippen molar-refractivity contribution in [3.05, 3.63) is 99.6 Å². The van der Waals surface area contributed by atoms with Crippen LogP contribution in [0.25, 0.3) is 0 Å². The largest absolute Gasteiger partial charge is 0.488 e. The molecule has 0 heterocycles. The standard InChI is InChI=1S/C28H28O3/c1-18-13-23-14-24(28(30-3)15-21-11-7-8-12-22(21)16-28)26(29)25(23)19(2)27(18)31-17-20-9-5-4-6-10-20/h4-13,24H,14-17H2,1-3H3. The van der Waals surface area contributed by atoms with Crippen molar-refractivity contribution in [2.45, 2.75) is 45.3 Å². The zero-order valence-corrected chi connectivity index (χ0v) is 18.4. The molecule has 0 aliphatic heterocycles. The second-order valence-electron chi connectivity index (χ2n) is 8.97. The number of rotatable bonds is 5. The lowest BCUT2D eigenvalue weighted by molar-refractivity contribution is -0.0384. The summed E-state index contributed by atoms with van der Waals surface area (Å²) >= 11 is 0. The lowest BCUT2D eigenvalue weighted by Crippen LogP contribution is -2.44. The number of benzene rings is 3. The van der Waals surface area contributed by atoms with Crippen LogP contribution in [0, 0.1) is 19.8 Å². The van der Waals surface area contributed by atoms with Crippen molar-refractivity contribution >= 4 is 5.78 Å². The van der Waals surface area contributed by atoms with Crippen LogP contribution in [0.15, 0.2) is 60.7 Å². The van der Waals surface area contributed by atoms with Crippen LogP contribution in [0.2, 0.25) is 0 Å². The average Bonchev–Trinajstić information content (AvgIpc) is 3.32. The quantitative estimate of drug-likeness (QED) is 0.561. The van der Waals surface area contributed by atoms with Crippen LogP contribution in [0.5, 0.6) is 5.75 Å². The Kier molecular flexibility index (Phi) is 4.94. The van der Waals surface area contributed by atoms with Gasteiger partial charge in [0.15, 0.2) is 5.78 Å². The van der Waals surface area contributed by atoms with E-state index in [0.717, 1.165) is 52.8 Å². The molecule has 0 radical (unpaired) electrons. The van der Waals surface area contributed by atoms with Gasteiger partial charge >= 0.3 is 0 Å². The van der Waals surface area contributed by atoms with E-state index in [9.17, 15) is 4.79 Å². The minimum atomic E-state index is -0.467. The molecule has 1 unspecified atom stereocenters. The summed E-state index contributed by atoms with van der Waals surface area (Å²) in [4.78, 5) is 13.7. The van der Waals surface area contributed by atoms with Gasteiger partial charge in [0.1, 0.15) is 12.4 Å². The summed E-state index contributed by atoms with van der Waals surface area (Å²) in [6.07, 6.45) is 2.32. The molecule has 3 aromatic rings. The van der Waals surface area contributed by atoms with Crippen LogP contribution in [-0.4, -0.2) is 18.5 Å². The van der Waals surface area contributed by atoms with Gasteiger partial charge in [-0.05, 0) is 48.1 Å². The number of carbonyl (C=O) groups is 1. The van der Waals surface area contributed by atoms with Gasteiger partial charge in [0.25, 0.3) is 0 Å². The summed E-state index contributed by atoms with van der Waals surface area (Å²) < 4.78 is 12.3. The lowest BCUT2D eigenvalue weighted by Gasteiger charge is -2.33. The first-order valence-electron chi connectivity index (χ1n) is 11.0. The number of ketones is 1. The number of aryl methyl sites for hydroxylation is 1. The highest BCUT2D eigenvalue weighted by Gasteiger charge is 2.51. The second kappa shape index (κ2) is 7.65. The van der Waals surface area contributed by atoms with Gasteiger partial charge in [-0.25, -0.2) is 0 Å². The van der Waals surface area contributed by atoms with Crippen LogP contribution in [0.3, 0.4) is 0 Å². The molecule has 5 rings (SSSR count). The second-order valence-corrected chi connectivity index (χ2v) is 8.97. The van der Waals surface area contributed by atoms with E-state index in [1.165, 1.54) is 11.1 Å². The van der Waals surface area contributed by atoms with Gasteiger partial charge in [-0.3, -0.25) is 4.79 Å². The Labute approximate surface area is 184 Å². The van der Waals surface area contributed by atoms with Gasteiger partial charge in [-0.15, -0.1) is 0 Å². The maximum Gasteiger partial charge on any atom is 0.169 e. The summed E-state index contributed by atoms with van der Waals surface area (Å²) in [7, 11) is 1.76. The number of fused-ring (bicyclic) bond motifs is 2. The van der Waals surface area contributed by atoms with Crippen molar-refractivity contribution in [3.8, 4) is 5.75 Å². The van der Waals surface area contributed by atoms with Crippen LogP contribution in [0.4, 0.5) is 0 Å². The Hall–Kier alpha value is -2.91. The summed E-state index contributed by atoms with van der Waals surface area (Å²) in [5, 5.41) is 0. The van der Waals surface area contributed by atoms with Gasteiger partial charge in [0.05, 0.1) is 11.5 Å². The van der Waals surface area contributed by atoms with Crippen LogP contribution in [-0.2, 0) is 30.6 Å². The number of Topliss-reactive ketones (excluding diaryl/α,β-unsaturated/α-hetero) is 1. The molecular weight excluding hydrogens is 384 g/mol. The zero-order chi connectivity index (χ0) is 21.6. The highest BCUT2D eigenvalue weighted by atomic mass is 16.5. The van der Waals surface area contributed by atoms with Crippen LogP contribution < -0.4 is 4.74 Å². The number of hydrogen-bond acceptors (Lipinski definition) is 3. The lowest BCUT2D eigenvalue weighted by atomic mass is 9.81. The topological polar surface area (TPSA) is 35.5 Å². The highest BCUT2D eigenvalue weighted by Crippen LogP contribution is 2.46. The number of hydrogen-bond donors (Lipinski definition) is 0. The zero-order valence-electron chi connectivity index (χ0n) is 18.4. The first-order chi connectivity index (χ1) is 15.0. The number of methoxy groups -OCH3 is 1. The predicted octanol–water partition coefficient (Wildman–Crippen LogP) is 5.42. The molecule has 0 saturated heterocycles. The van der Waals surface area contributed by atoms with Crippen LogP contribution >= 0.6 is 0 Å². The molecule has 0 fully saturated rings.